The highest BCUT2D eigenvalue weighted by Crippen LogP contribution is 2.48. The second-order valence-corrected chi connectivity index (χ2v) is 10.6. The van der Waals surface area contributed by atoms with Gasteiger partial charge < -0.3 is 24.3 Å². The van der Waals surface area contributed by atoms with Gasteiger partial charge in [0.15, 0.2) is 0 Å². The fourth-order valence-corrected chi connectivity index (χ4v) is 5.16. The van der Waals surface area contributed by atoms with Crippen LogP contribution in [0.25, 0.3) is 0 Å². The highest BCUT2D eigenvalue weighted by atomic mass is 31.2. The summed E-state index contributed by atoms with van der Waals surface area (Å²) in [7, 11) is -9.43. The fourth-order valence-electron chi connectivity index (χ4n) is 3.71. The Morgan fingerprint density at radius 3 is 1.62 bits per heavy atom. The smallest absolute Gasteiger partial charge is 0.371 e. The molecule has 0 spiro atoms. The third-order valence-electron chi connectivity index (χ3n) is 5.43. The van der Waals surface area contributed by atoms with Gasteiger partial charge in [0.05, 0.1) is 18.3 Å². The van der Waals surface area contributed by atoms with Gasteiger partial charge >= 0.3 is 15.6 Å². The van der Waals surface area contributed by atoms with Gasteiger partial charge in [-0.3, -0.25) is 9.05 Å². The maximum Gasteiger partial charge on any atom is 0.470 e. The first-order valence-electron chi connectivity index (χ1n) is 10.2. The van der Waals surface area contributed by atoms with E-state index < -0.39 is 45.0 Å². The zero-order valence-electron chi connectivity index (χ0n) is 18.7. The van der Waals surface area contributed by atoms with Crippen molar-refractivity contribution in [2.45, 2.75) is 111 Å². The summed E-state index contributed by atoms with van der Waals surface area (Å²) in [5.41, 5.74) is -1.99. The molecule has 4 N–H and O–H groups in total. The van der Waals surface area contributed by atoms with E-state index in [2.05, 4.69) is 0 Å². The van der Waals surface area contributed by atoms with E-state index in [4.69, 9.17) is 13.8 Å². The van der Waals surface area contributed by atoms with Crippen molar-refractivity contribution in [2.75, 3.05) is 0 Å². The molecule has 0 bridgehead atoms. The molecule has 0 heterocycles. The van der Waals surface area contributed by atoms with Crippen LogP contribution in [0.1, 0.15) is 87.0 Å². The maximum atomic E-state index is 11.5. The number of hydrogen-bond donors (Lipinski definition) is 4. The molecule has 11 heteroatoms. The summed E-state index contributed by atoms with van der Waals surface area (Å²) in [6, 6.07) is 0. The monoisotopic (exact) mass is 462 g/mol. The minimum atomic E-state index is -4.73. The molecule has 0 fully saturated rings. The van der Waals surface area contributed by atoms with E-state index >= 15 is 0 Å². The van der Waals surface area contributed by atoms with Gasteiger partial charge in [-0.25, -0.2) is 9.13 Å². The Morgan fingerprint density at radius 2 is 1.28 bits per heavy atom. The lowest BCUT2D eigenvalue weighted by atomic mass is 9.73. The number of phosphoric ester groups is 2. The number of hydrogen-bond acceptors (Lipinski definition) is 5. The predicted molar refractivity (Wildman–Crippen MR) is 111 cm³/mol. The lowest BCUT2D eigenvalue weighted by Crippen LogP contribution is -2.50. The van der Waals surface area contributed by atoms with Crippen molar-refractivity contribution in [1.29, 1.82) is 0 Å². The van der Waals surface area contributed by atoms with E-state index in [9.17, 15) is 28.7 Å². The molecule has 0 amide bonds. The molecule has 0 aliphatic heterocycles. The van der Waals surface area contributed by atoms with Crippen molar-refractivity contribution in [3.05, 3.63) is 0 Å². The normalized spacial score (nSPS) is 18.9. The second-order valence-electron chi connectivity index (χ2n) is 8.23. The zero-order valence-corrected chi connectivity index (χ0v) is 20.5. The van der Waals surface area contributed by atoms with Crippen molar-refractivity contribution in [2.24, 2.45) is 5.41 Å². The fraction of sp³-hybridized carbons (Fsp3) is 1.00. The molecule has 0 rings (SSSR count). The first-order valence-corrected chi connectivity index (χ1v) is 13.3. The van der Waals surface area contributed by atoms with Crippen LogP contribution >= 0.6 is 15.6 Å². The zero-order chi connectivity index (χ0) is 23.1. The van der Waals surface area contributed by atoms with Gasteiger partial charge in [0.1, 0.15) is 5.60 Å². The molecule has 0 aliphatic rings. The Kier molecular flexibility index (Phi) is 11.8. The molecule has 0 saturated heterocycles. The Balaban J connectivity index is 5.97. The molecule has 0 aromatic heterocycles. The Hall–Kier alpha value is 0.180. The van der Waals surface area contributed by atoms with Gasteiger partial charge in [0, 0.05) is 5.41 Å². The van der Waals surface area contributed by atoms with Crippen molar-refractivity contribution in [3.63, 3.8) is 0 Å². The molecule has 29 heavy (non-hydrogen) atoms. The van der Waals surface area contributed by atoms with Crippen LogP contribution in [0.2, 0.25) is 0 Å². The molecule has 0 aliphatic carbocycles. The van der Waals surface area contributed by atoms with E-state index in [1.807, 2.05) is 27.7 Å². The van der Waals surface area contributed by atoms with Gasteiger partial charge in [0.25, 0.3) is 0 Å². The van der Waals surface area contributed by atoms with Gasteiger partial charge in [-0.1, -0.05) is 47.5 Å². The third-order valence-corrected chi connectivity index (χ3v) is 6.67. The molecule has 4 atom stereocenters. The third kappa shape index (κ3) is 9.90. The quantitative estimate of drug-likeness (QED) is 0.258. The van der Waals surface area contributed by atoms with Crippen LogP contribution in [0.4, 0.5) is 0 Å². The highest BCUT2D eigenvalue weighted by Gasteiger charge is 2.46. The molecule has 9 nitrogen and oxygen atoms in total. The Bertz CT molecular complexity index is 572. The van der Waals surface area contributed by atoms with Crippen LogP contribution in [0.5, 0.6) is 0 Å². The molecule has 0 aromatic carbocycles. The largest absolute Gasteiger partial charge is 0.470 e. The molecule has 0 aromatic rings. The lowest BCUT2D eigenvalue weighted by Gasteiger charge is -2.46. The van der Waals surface area contributed by atoms with Crippen LogP contribution in [-0.4, -0.2) is 43.5 Å². The van der Waals surface area contributed by atoms with E-state index in [0.717, 1.165) is 6.42 Å². The minimum absolute atomic E-state index is 0.375. The minimum Gasteiger partial charge on any atom is -0.371 e. The second kappa shape index (κ2) is 11.7. The number of rotatable bonds is 15. The average molecular weight is 462 g/mol. The van der Waals surface area contributed by atoms with Gasteiger partial charge in [-0.2, -0.15) is 0 Å². The van der Waals surface area contributed by atoms with Crippen LogP contribution in [0.3, 0.4) is 0 Å². The van der Waals surface area contributed by atoms with Crippen molar-refractivity contribution >= 4 is 15.6 Å². The van der Waals surface area contributed by atoms with Crippen molar-refractivity contribution in [1.82, 2.24) is 0 Å². The van der Waals surface area contributed by atoms with Crippen LogP contribution in [-0.2, 0) is 22.9 Å². The SMILES string of the molecule is CCCC(OC(CCC)C(C)(CC)C(CC)OP(=O)(O)O)C(C)(C)OP(=O)(O)O. The standard InChI is InChI=1S/C18H40O9P2/c1-8-12-15(17(5,6)27-29(22,23)24)25-16(13-9-2)18(7,11-4)14(10-3)26-28(19,20)21/h14-16H,8-13H2,1-7H3,(H2,19,20,21)(H2,22,23,24). The molecule has 0 radical (unpaired) electrons. The highest BCUT2D eigenvalue weighted by molar-refractivity contribution is 7.46. The Labute approximate surface area is 175 Å². The average Bonchev–Trinajstić information content (AvgIpc) is 2.54. The van der Waals surface area contributed by atoms with Crippen molar-refractivity contribution in [3.8, 4) is 0 Å². The van der Waals surface area contributed by atoms with Crippen LogP contribution in [0, 0.1) is 5.41 Å². The molecular formula is C18H40O9P2. The number of phosphoric acid groups is 2. The maximum absolute atomic E-state index is 11.5. The molecular weight excluding hydrogens is 422 g/mol. The van der Waals surface area contributed by atoms with Crippen molar-refractivity contribution < 1.29 is 42.5 Å². The van der Waals surface area contributed by atoms with Gasteiger partial charge in [0.2, 0.25) is 0 Å². The van der Waals surface area contributed by atoms with E-state index in [1.54, 1.807) is 20.8 Å². The summed E-state index contributed by atoms with van der Waals surface area (Å²) in [6.45, 7) is 12.6. The molecule has 176 valence electrons. The first-order chi connectivity index (χ1) is 13.1. The number of ether oxygens (including phenoxy) is 1. The summed E-state index contributed by atoms with van der Waals surface area (Å²) in [6.07, 6.45) is 1.63. The van der Waals surface area contributed by atoms with Gasteiger partial charge in [-0.15, -0.1) is 0 Å². The summed E-state index contributed by atoms with van der Waals surface area (Å²) >= 11 is 0. The topological polar surface area (TPSA) is 143 Å². The predicted octanol–water partition coefficient (Wildman–Crippen LogP) is 4.53. The lowest BCUT2D eigenvalue weighted by molar-refractivity contribution is -0.170. The van der Waals surface area contributed by atoms with Crippen LogP contribution in [0.15, 0.2) is 0 Å². The van der Waals surface area contributed by atoms with Gasteiger partial charge in [-0.05, 0) is 39.5 Å². The van der Waals surface area contributed by atoms with E-state index in [-0.39, 0.29) is 0 Å². The van der Waals surface area contributed by atoms with E-state index in [0.29, 0.717) is 32.1 Å². The Morgan fingerprint density at radius 1 is 0.793 bits per heavy atom. The summed E-state index contributed by atoms with van der Waals surface area (Å²) in [4.78, 5) is 37.3. The first kappa shape index (κ1) is 29.2. The summed E-state index contributed by atoms with van der Waals surface area (Å²) in [5, 5.41) is 0. The molecule has 0 saturated carbocycles. The molecule has 4 unspecified atom stereocenters. The summed E-state index contributed by atoms with van der Waals surface area (Å²) < 4.78 is 39.5. The van der Waals surface area contributed by atoms with Crippen LogP contribution < -0.4 is 0 Å². The van der Waals surface area contributed by atoms with E-state index in [1.165, 1.54) is 0 Å². The summed E-state index contributed by atoms with van der Waals surface area (Å²) in [5.74, 6) is 0.